The van der Waals surface area contributed by atoms with Crippen molar-refractivity contribution in [1.82, 2.24) is 0 Å². The van der Waals surface area contributed by atoms with Crippen LogP contribution in [-0.2, 0) is 25.4 Å². The SMILES string of the molecule is CCc1ccc(C(F)(F)Oc2ccc(CCc3ccc(OC(F)F)c(F)c3)cc2)cc1. The van der Waals surface area contributed by atoms with E-state index in [1.807, 2.05) is 6.92 Å². The van der Waals surface area contributed by atoms with Crippen molar-refractivity contribution < 1.29 is 31.4 Å². The predicted octanol–water partition coefficient (Wildman–Crippen LogP) is 6.90. The normalized spacial score (nSPS) is 11.6. The van der Waals surface area contributed by atoms with Gasteiger partial charge in [0.25, 0.3) is 0 Å². The highest BCUT2D eigenvalue weighted by atomic mass is 19.3. The standard InChI is InChI=1S/C24H21F5O2/c1-2-16-5-10-19(11-6-16)24(28,29)31-20-12-7-17(8-13-20)3-4-18-9-14-22(21(25)15-18)30-23(26)27/h5-15,23H,2-4H2,1H3. The Bertz CT molecular complexity index is 986. The van der Waals surface area contributed by atoms with Crippen LogP contribution in [0.4, 0.5) is 22.0 Å². The summed E-state index contributed by atoms with van der Waals surface area (Å²) in [5, 5.41) is 0. The fourth-order valence-corrected chi connectivity index (χ4v) is 3.05. The first kappa shape index (κ1) is 22.6. The van der Waals surface area contributed by atoms with Gasteiger partial charge >= 0.3 is 12.7 Å². The topological polar surface area (TPSA) is 18.5 Å². The number of benzene rings is 3. The molecule has 0 spiro atoms. The molecule has 0 saturated carbocycles. The fraction of sp³-hybridized carbons (Fsp3) is 0.250. The molecule has 0 aromatic heterocycles. The molecule has 7 heteroatoms. The van der Waals surface area contributed by atoms with Crippen molar-refractivity contribution >= 4 is 0 Å². The third kappa shape index (κ3) is 6.20. The van der Waals surface area contributed by atoms with E-state index in [4.69, 9.17) is 4.74 Å². The van der Waals surface area contributed by atoms with E-state index >= 15 is 0 Å². The Hall–Kier alpha value is -3.09. The smallest absolute Gasteiger partial charge is 0.426 e. The number of aryl methyl sites for hydroxylation is 3. The van der Waals surface area contributed by atoms with Gasteiger partial charge in [0, 0.05) is 0 Å². The summed E-state index contributed by atoms with van der Waals surface area (Å²) in [6.07, 6.45) is -1.77. The number of ether oxygens (including phenoxy) is 2. The van der Waals surface area contributed by atoms with Crippen LogP contribution >= 0.6 is 0 Å². The van der Waals surface area contributed by atoms with Crippen molar-refractivity contribution in [3.05, 3.63) is 94.8 Å². The van der Waals surface area contributed by atoms with Gasteiger partial charge in [0.15, 0.2) is 11.6 Å². The summed E-state index contributed by atoms with van der Waals surface area (Å²) in [5.41, 5.74) is 2.16. The Morgan fingerprint density at radius 3 is 1.97 bits per heavy atom. The maximum absolute atomic E-state index is 14.4. The maximum atomic E-state index is 14.4. The molecular formula is C24H21F5O2. The summed E-state index contributed by atoms with van der Waals surface area (Å²) >= 11 is 0. The van der Waals surface area contributed by atoms with E-state index in [9.17, 15) is 22.0 Å². The first-order valence-electron chi connectivity index (χ1n) is 9.75. The monoisotopic (exact) mass is 436 g/mol. The van der Waals surface area contributed by atoms with Crippen molar-refractivity contribution in [2.45, 2.75) is 38.9 Å². The second-order valence-electron chi connectivity index (χ2n) is 6.96. The van der Waals surface area contributed by atoms with Crippen molar-refractivity contribution in [2.75, 3.05) is 0 Å². The van der Waals surface area contributed by atoms with E-state index in [-0.39, 0.29) is 11.3 Å². The van der Waals surface area contributed by atoms with Crippen molar-refractivity contribution in [2.24, 2.45) is 0 Å². The molecule has 0 aliphatic heterocycles. The van der Waals surface area contributed by atoms with Crippen molar-refractivity contribution in [3.63, 3.8) is 0 Å². The molecule has 0 aliphatic carbocycles. The van der Waals surface area contributed by atoms with Gasteiger partial charge in [-0.1, -0.05) is 37.3 Å². The lowest BCUT2D eigenvalue weighted by atomic mass is 10.0. The summed E-state index contributed by atoms with van der Waals surface area (Å²) in [7, 11) is 0. The molecule has 0 N–H and O–H groups in total. The zero-order valence-electron chi connectivity index (χ0n) is 16.8. The molecule has 0 amide bonds. The van der Waals surface area contributed by atoms with Crippen LogP contribution in [0.5, 0.6) is 11.5 Å². The highest BCUT2D eigenvalue weighted by molar-refractivity contribution is 5.32. The quantitative estimate of drug-likeness (QED) is 0.340. The predicted molar refractivity (Wildman–Crippen MR) is 107 cm³/mol. The Morgan fingerprint density at radius 1 is 0.806 bits per heavy atom. The van der Waals surface area contributed by atoms with Gasteiger partial charge in [0.2, 0.25) is 0 Å². The highest BCUT2D eigenvalue weighted by Gasteiger charge is 2.34. The Labute approximate surface area is 177 Å². The Balaban J connectivity index is 1.59. The van der Waals surface area contributed by atoms with Crippen LogP contribution in [-0.4, -0.2) is 6.61 Å². The molecule has 0 saturated heterocycles. The Morgan fingerprint density at radius 2 is 1.39 bits per heavy atom. The van der Waals surface area contributed by atoms with Gasteiger partial charge in [-0.05, 0) is 72.4 Å². The van der Waals surface area contributed by atoms with Crippen LogP contribution in [0, 0.1) is 5.82 Å². The molecule has 3 aromatic rings. The van der Waals surface area contributed by atoms with Crippen LogP contribution in [0.2, 0.25) is 0 Å². The molecule has 0 heterocycles. The molecule has 0 atom stereocenters. The zero-order valence-corrected chi connectivity index (χ0v) is 16.8. The largest absolute Gasteiger partial charge is 0.432 e. The average Bonchev–Trinajstić information content (AvgIpc) is 2.74. The lowest BCUT2D eigenvalue weighted by Gasteiger charge is -2.18. The van der Waals surface area contributed by atoms with Gasteiger partial charge < -0.3 is 9.47 Å². The fourth-order valence-electron chi connectivity index (χ4n) is 3.05. The van der Waals surface area contributed by atoms with Gasteiger partial charge in [-0.25, -0.2) is 4.39 Å². The average molecular weight is 436 g/mol. The van der Waals surface area contributed by atoms with E-state index in [2.05, 4.69) is 4.74 Å². The third-order valence-corrected chi connectivity index (χ3v) is 4.78. The van der Waals surface area contributed by atoms with Gasteiger partial charge in [-0.15, -0.1) is 0 Å². The Kier molecular flexibility index (Phi) is 7.15. The van der Waals surface area contributed by atoms with E-state index in [1.165, 1.54) is 30.3 Å². The molecule has 3 rings (SSSR count). The van der Waals surface area contributed by atoms with Gasteiger partial charge in [0.1, 0.15) is 5.75 Å². The molecule has 0 aliphatic rings. The minimum atomic E-state index is -3.46. The summed E-state index contributed by atoms with van der Waals surface area (Å²) < 4.78 is 75.9. The van der Waals surface area contributed by atoms with Gasteiger partial charge in [0.05, 0.1) is 5.56 Å². The number of hydrogen-bond acceptors (Lipinski definition) is 2. The summed E-state index contributed by atoms with van der Waals surface area (Å²) in [5.74, 6) is -1.35. The molecule has 0 bridgehead atoms. The molecule has 0 unspecified atom stereocenters. The first-order valence-corrected chi connectivity index (χ1v) is 9.75. The first-order chi connectivity index (χ1) is 14.8. The molecular weight excluding hydrogens is 415 g/mol. The van der Waals surface area contributed by atoms with Crippen LogP contribution in [0.3, 0.4) is 0 Å². The van der Waals surface area contributed by atoms with E-state index in [0.717, 1.165) is 29.7 Å². The van der Waals surface area contributed by atoms with E-state index in [1.54, 1.807) is 24.3 Å². The molecule has 0 fully saturated rings. The minimum absolute atomic E-state index is 0.0212. The summed E-state index contributed by atoms with van der Waals surface area (Å²) in [4.78, 5) is 0. The molecule has 3 aromatic carbocycles. The summed E-state index contributed by atoms with van der Waals surface area (Å²) in [6, 6.07) is 16.0. The maximum Gasteiger partial charge on any atom is 0.426 e. The lowest BCUT2D eigenvalue weighted by Crippen LogP contribution is -2.21. The van der Waals surface area contributed by atoms with E-state index in [0.29, 0.717) is 18.4 Å². The lowest BCUT2D eigenvalue weighted by molar-refractivity contribution is -0.185. The number of rotatable bonds is 9. The van der Waals surface area contributed by atoms with Crippen LogP contribution < -0.4 is 9.47 Å². The van der Waals surface area contributed by atoms with Crippen LogP contribution in [0.1, 0.15) is 29.2 Å². The molecule has 2 nitrogen and oxygen atoms in total. The number of halogens is 5. The molecule has 164 valence electrons. The molecule has 31 heavy (non-hydrogen) atoms. The van der Waals surface area contributed by atoms with Crippen molar-refractivity contribution in [3.8, 4) is 11.5 Å². The van der Waals surface area contributed by atoms with Crippen molar-refractivity contribution in [1.29, 1.82) is 0 Å². The van der Waals surface area contributed by atoms with E-state index < -0.39 is 24.3 Å². The minimum Gasteiger partial charge on any atom is -0.432 e. The van der Waals surface area contributed by atoms with Crippen LogP contribution in [0.15, 0.2) is 66.7 Å². The van der Waals surface area contributed by atoms with Gasteiger partial charge in [-0.2, -0.15) is 17.6 Å². The molecule has 0 radical (unpaired) electrons. The second-order valence-corrected chi connectivity index (χ2v) is 6.96. The van der Waals surface area contributed by atoms with Crippen LogP contribution in [0.25, 0.3) is 0 Å². The van der Waals surface area contributed by atoms with Gasteiger partial charge in [-0.3, -0.25) is 0 Å². The zero-order chi connectivity index (χ0) is 22.4. The summed E-state index contributed by atoms with van der Waals surface area (Å²) in [6.45, 7) is -1.15. The third-order valence-electron chi connectivity index (χ3n) is 4.78. The number of alkyl halides is 4. The second kappa shape index (κ2) is 9.81. The number of hydrogen-bond donors (Lipinski definition) is 0. The highest BCUT2D eigenvalue weighted by Crippen LogP contribution is 2.32.